The molecule has 2 heteroatoms. The summed E-state index contributed by atoms with van der Waals surface area (Å²) in [5, 5.41) is 7.01. The monoisotopic (exact) mass is 316 g/mol. The molecule has 0 aromatic heterocycles. The summed E-state index contributed by atoms with van der Waals surface area (Å²) in [6.45, 7) is 6.71. The van der Waals surface area contributed by atoms with E-state index in [2.05, 4.69) is 73.9 Å². The summed E-state index contributed by atoms with van der Waals surface area (Å²) in [6, 6.07) is 27.1. The Bertz CT molecular complexity index is 727. The first kappa shape index (κ1) is 16.1. The van der Waals surface area contributed by atoms with Crippen molar-refractivity contribution in [2.75, 3.05) is 10.6 Å². The molecule has 0 amide bonds. The first-order chi connectivity index (χ1) is 11.5. The van der Waals surface area contributed by atoms with Gasteiger partial charge >= 0.3 is 0 Å². The van der Waals surface area contributed by atoms with Crippen LogP contribution in [0.25, 0.3) is 0 Å². The van der Waals surface area contributed by atoms with Gasteiger partial charge < -0.3 is 10.6 Å². The molecule has 3 aromatic rings. The van der Waals surface area contributed by atoms with E-state index in [-0.39, 0.29) is 5.41 Å². The summed E-state index contributed by atoms with van der Waals surface area (Å²) >= 11 is 0. The molecule has 0 aliphatic heterocycles. The lowest BCUT2D eigenvalue weighted by Gasteiger charge is -2.22. The van der Waals surface area contributed by atoms with Gasteiger partial charge in [-0.05, 0) is 53.4 Å². The predicted octanol–water partition coefficient (Wildman–Crippen LogP) is 6.47. The summed E-state index contributed by atoms with van der Waals surface area (Å²) in [5.41, 5.74) is 5.74. The fourth-order valence-electron chi connectivity index (χ4n) is 2.58. The summed E-state index contributed by atoms with van der Waals surface area (Å²) in [5.74, 6) is 0. The van der Waals surface area contributed by atoms with Gasteiger partial charge in [0.05, 0.1) is 0 Å². The molecule has 2 nitrogen and oxygen atoms in total. The standard InChI is InChI=1S/C22H24N2/c1-22(2,3)17-14-20(23-18-10-6-4-7-11-18)16-21(15-17)24-19-12-8-5-9-13-19/h4-16,23-24H,1-3H3. The van der Waals surface area contributed by atoms with Crippen LogP contribution in [0.3, 0.4) is 0 Å². The summed E-state index contributed by atoms with van der Waals surface area (Å²) in [4.78, 5) is 0. The summed E-state index contributed by atoms with van der Waals surface area (Å²) in [6.07, 6.45) is 0. The SMILES string of the molecule is CC(C)(C)c1cc(Nc2ccccc2)cc(Nc2ccccc2)c1. The molecule has 24 heavy (non-hydrogen) atoms. The van der Waals surface area contributed by atoms with Gasteiger partial charge in [0.2, 0.25) is 0 Å². The molecule has 0 saturated carbocycles. The Morgan fingerprint density at radius 1 is 0.542 bits per heavy atom. The van der Waals surface area contributed by atoms with E-state index in [1.54, 1.807) is 0 Å². The zero-order chi connectivity index (χ0) is 17.0. The van der Waals surface area contributed by atoms with Crippen LogP contribution >= 0.6 is 0 Å². The van der Waals surface area contributed by atoms with Crippen LogP contribution in [0.1, 0.15) is 26.3 Å². The Kier molecular flexibility index (Phi) is 4.57. The van der Waals surface area contributed by atoms with E-state index in [4.69, 9.17) is 0 Å². The molecule has 0 bridgehead atoms. The first-order valence-corrected chi connectivity index (χ1v) is 8.30. The van der Waals surface area contributed by atoms with E-state index in [1.165, 1.54) is 5.56 Å². The number of para-hydroxylation sites is 2. The fourth-order valence-corrected chi connectivity index (χ4v) is 2.58. The topological polar surface area (TPSA) is 24.1 Å². The molecule has 3 aromatic carbocycles. The van der Waals surface area contributed by atoms with Crippen molar-refractivity contribution in [3.8, 4) is 0 Å². The van der Waals surface area contributed by atoms with Gasteiger partial charge in [0.15, 0.2) is 0 Å². The van der Waals surface area contributed by atoms with Gasteiger partial charge in [-0.25, -0.2) is 0 Å². The van der Waals surface area contributed by atoms with Crippen LogP contribution in [0.5, 0.6) is 0 Å². The van der Waals surface area contributed by atoms with Crippen LogP contribution in [0.2, 0.25) is 0 Å². The highest BCUT2D eigenvalue weighted by Crippen LogP contribution is 2.31. The molecule has 0 aliphatic rings. The number of hydrogen-bond donors (Lipinski definition) is 2. The van der Waals surface area contributed by atoms with Crippen molar-refractivity contribution >= 4 is 22.7 Å². The maximum absolute atomic E-state index is 3.50. The lowest BCUT2D eigenvalue weighted by atomic mass is 9.86. The van der Waals surface area contributed by atoms with Crippen LogP contribution in [0.15, 0.2) is 78.9 Å². The molecule has 0 fully saturated rings. The van der Waals surface area contributed by atoms with Crippen LogP contribution in [0, 0.1) is 0 Å². The van der Waals surface area contributed by atoms with E-state index in [1.807, 2.05) is 36.4 Å². The number of rotatable bonds is 4. The zero-order valence-electron chi connectivity index (χ0n) is 14.5. The van der Waals surface area contributed by atoms with E-state index in [0.717, 1.165) is 22.7 Å². The summed E-state index contributed by atoms with van der Waals surface area (Å²) in [7, 11) is 0. The predicted molar refractivity (Wildman–Crippen MR) is 105 cm³/mol. The molecule has 122 valence electrons. The van der Waals surface area contributed by atoms with E-state index < -0.39 is 0 Å². The molecule has 0 atom stereocenters. The van der Waals surface area contributed by atoms with Crippen molar-refractivity contribution in [3.63, 3.8) is 0 Å². The Morgan fingerprint density at radius 3 is 1.33 bits per heavy atom. The Morgan fingerprint density at radius 2 is 0.958 bits per heavy atom. The highest BCUT2D eigenvalue weighted by Gasteiger charge is 2.15. The fraction of sp³-hybridized carbons (Fsp3) is 0.182. The van der Waals surface area contributed by atoms with Crippen molar-refractivity contribution in [1.82, 2.24) is 0 Å². The molecule has 3 rings (SSSR count). The number of anilines is 4. The van der Waals surface area contributed by atoms with Crippen molar-refractivity contribution in [2.45, 2.75) is 26.2 Å². The lowest BCUT2D eigenvalue weighted by Crippen LogP contribution is -2.12. The molecule has 0 heterocycles. The minimum atomic E-state index is 0.0848. The van der Waals surface area contributed by atoms with Crippen molar-refractivity contribution in [2.24, 2.45) is 0 Å². The highest BCUT2D eigenvalue weighted by atomic mass is 14.9. The summed E-state index contributed by atoms with van der Waals surface area (Å²) < 4.78 is 0. The third-order valence-electron chi connectivity index (χ3n) is 3.92. The quantitative estimate of drug-likeness (QED) is 0.576. The molecule has 0 saturated heterocycles. The molecule has 0 radical (unpaired) electrons. The average molecular weight is 316 g/mol. The molecular weight excluding hydrogens is 292 g/mol. The van der Waals surface area contributed by atoms with Crippen molar-refractivity contribution in [1.29, 1.82) is 0 Å². The third kappa shape index (κ3) is 4.17. The second-order valence-electron chi connectivity index (χ2n) is 7.03. The van der Waals surface area contributed by atoms with E-state index in [0.29, 0.717) is 0 Å². The molecule has 2 N–H and O–H groups in total. The van der Waals surface area contributed by atoms with Crippen molar-refractivity contribution in [3.05, 3.63) is 84.4 Å². The van der Waals surface area contributed by atoms with Crippen LogP contribution in [-0.2, 0) is 5.41 Å². The van der Waals surface area contributed by atoms with Crippen LogP contribution in [0.4, 0.5) is 22.7 Å². The van der Waals surface area contributed by atoms with Gasteiger partial charge in [0.1, 0.15) is 0 Å². The lowest BCUT2D eigenvalue weighted by molar-refractivity contribution is 0.591. The Labute approximate surface area is 144 Å². The molecule has 0 unspecified atom stereocenters. The van der Waals surface area contributed by atoms with Crippen LogP contribution in [-0.4, -0.2) is 0 Å². The van der Waals surface area contributed by atoms with Gasteiger partial charge in [0, 0.05) is 22.7 Å². The Balaban J connectivity index is 1.94. The molecule has 0 aliphatic carbocycles. The van der Waals surface area contributed by atoms with Gasteiger partial charge in [0.25, 0.3) is 0 Å². The molecular formula is C22H24N2. The van der Waals surface area contributed by atoms with Crippen molar-refractivity contribution < 1.29 is 0 Å². The second-order valence-corrected chi connectivity index (χ2v) is 7.03. The first-order valence-electron chi connectivity index (χ1n) is 8.30. The number of benzene rings is 3. The molecule has 0 spiro atoms. The maximum Gasteiger partial charge on any atom is 0.0408 e. The maximum atomic E-state index is 3.50. The minimum Gasteiger partial charge on any atom is -0.355 e. The number of hydrogen-bond acceptors (Lipinski definition) is 2. The van der Waals surface area contributed by atoms with Gasteiger partial charge in [-0.3, -0.25) is 0 Å². The minimum absolute atomic E-state index is 0.0848. The smallest absolute Gasteiger partial charge is 0.0408 e. The highest BCUT2D eigenvalue weighted by molar-refractivity contribution is 5.70. The van der Waals surface area contributed by atoms with Gasteiger partial charge in [-0.1, -0.05) is 57.2 Å². The largest absolute Gasteiger partial charge is 0.355 e. The Hall–Kier alpha value is -2.74. The average Bonchev–Trinajstić information content (AvgIpc) is 2.56. The van der Waals surface area contributed by atoms with Gasteiger partial charge in [-0.15, -0.1) is 0 Å². The zero-order valence-corrected chi connectivity index (χ0v) is 14.5. The normalized spacial score (nSPS) is 11.1. The van der Waals surface area contributed by atoms with Crippen LogP contribution < -0.4 is 10.6 Å². The second kappa shape index (κ2) is 6.79. The van der Waals surface area contributed by atoms with E-state index >= 15 is 0 Å². The number of nitrogens with one attached hydrogen (secondary N) is 2. The third-order valence-corrected chi connectivity index (χ3v) is 3.92. The van der Waals surface area contributed by atoms with Gasteiger partial charge in [-0.2, -0.15) is 0 Å². The van der Waals surface area contributed by atoms with E-state index in [9.17, 15) is 0 Å².